The predicted octanol–water partition coefficient (Wildman–Crippen LogP) is 4.25. The van der Waals surface area contributed by atoms with E-state index in [2.05, 4.69) is 5.32 Å². The zero-order valence-electron chi connectivity index (χ0n) is 12.0. The number of alkyl halides is 1. The Labute approximate surface area is 135 Å². The van der Waals surface area contributed by atoms with Crippen molar-refractivity contribution in [1.82, 2.24) is 10.2 Å². The van der Waals surface area contributed by atoms with Crippen LogP contribution in [-0.4, -0.2) is 30.3 Å². The van der Waals surface area contributed by atoms with Gasteiger partial charge in [-0.15, -0.1) is 0 Å². The maximum Gasteiger partial charge on any atom is 0.157 e. The molecule has 1 heterocycles. The Kier molecular flexibility index (Phi) is 5.05. The molecule has 2 aliphatic rings. The molecule has 0 spiro atoms. The van der Waals surface area contributed by atoms with Gasteiger partial charge in [-0.3, -0.25) is 4.90 Å². The standard InChI is InChI=1S/C16H21Cl2FN2/c17-13-4-3-12(15(18)9-13)10-21(16(19)11-1-2-11)14-5-7-20-8-6-14/h3-4,9,11,14,16,20H,1-2,5-8,10H2. The molecule has 1 aromatic carbocycles. The first-order valence-corrected chi connectivity index (χ1v) is 8.45. The van der Waals surface area contributed by atoms with E-state index < -0.39 is 6.30 Å². The molecule has 2 nitrogen and oxygen atoms in total. The minimum absolute atomic E-state index is 0.214. The number of rotatable bonds is 5. The van der Waals surface area contributed by atoms with Crippen LogP contribution < -0.4 is 5.32 Å². The van der Waals surface area contributed by atoms with Crippen LogP contribution in [0.4, 0.5) is 4.39 Å². The molecule has 1 N–H and O–H groups in total. The van der Waals surface area contributed by atoms with Crippen LogP contribution in [-0.2, 0) is 6.54 Å². The van der Waals surface area contributed by atoms with Crippen molar-refractivity contribution >= 4 is 23.2 Å². The lowest BCUT2D eigenvalue weighted by atomic mass is 10.0. The Morgan fingerprint density at radius 1 is 1.19 bits per heavy atom. The van der Waals surface area contributed by atoms with E-state index in [0.29, 0.717) is 22.6 Å². The van der Waals surface area contributed by atoms with Crippen LogP contribution in [0.5, 0.6) is 0 Å². The lowest BCUT2D eigenvalue weighted by Gasteiger charge is -2.37. The molecule has 0 radical (unpaired) electrons. The molecule has 1 saturated carbocycles. The second-order valence-corrected chi connectivity index (χ2v) is 6.94. The van der Waals surface area contributed by atoms with Crippen LogP contribution in [0.3, 0.4) is 0 Å². The first-order valence-electron chi connectivity index (χ1n) is 7.69. The lowest BCUT2D eigenvalue weighted by Crippen LogP contribution is -2.47. The second-order valence-electron chi connectivity index (χ2n) is 6.10. The smallest absolute Gasteiger partial charge is 0.157 e. The van der Waals surface area contributed by atoms with E-state index in [1.807, 2.05) is 17.0 Å². The average Bonchev–Trinajstić information content (AvgIpc) is 3.31. The van der Waals surface area contributed by atoms with E-state index in [9.17, 15) is 4.39 Å². The summed E-state index contributed by atoms with van der Waals surface area (Å²) in [6, 6.07) is 5.78. The van der Waals surface area contributed by atoms with Crippen molar-refractivity contribution in [3.05, 3.63) is 33.8 Å². The molecule has 0 bridgehead atoms. The maximum atomic E-state index is 14.8. The van der Waals surface area contributed by atoms with Crippen molar-refractivity contribution in [3.63, 3.8) is 0 Å². The first kappa shape index (κ1) is 15.5. The van der Waals surface area contributed by atoms with Gasteiger partial charge in [0.1, 0.15) is 0 Å². The fourth-order valence-electron chi connectivity index (χ4n) is 3.04. The zero-order chi connectivity index (χ0) is 14.8. The number of hydrogen-bond acceptors (Lipinski definition) is 2. The summed E-state index contributed by atoms with van der Waals surface area (Å²) in [6.45, 7) is 2.50. The van der Waals surface area contributed by atoms with Gasteiger partial charge in [0.05, 0.1) is 0 Å². The molecule has 0 aromatic heterocycles. The Morgan fingerprint density at radius 2 is 1.90 bits per heavy atom. The Morgan fingerprint density at radius 3 is 2.52 bits per heavy atom. The van der Waals surface area contributed by atoms with E-state index in [1.54, 1.807) is 6.07 Å². The molecule has 1 aliphatic heterocycles. The predicted molar refractivity (Wildman–Crippen MR) is 85.5 cm³/mol. The fourth-order valence-corrected chi connectivity index (χ4v) is 3.51. The van der Waals surface area contributed by atoms with Crippen molar-refractivity contribution in [2.75, 3.05) is 13.1 Å². The van der Waals surface area contributed by atoms with Gasteiger partial charge in [0.2, 0.25) is 0 Å². The quantitative estimate of drug-likeness (QED) is 0.812. The summed E-state index contributed by atoms with van der Waals surface area (Å²) in [4.78, 5) is 2.02. The van der Waals surface area contributed by atoms with Crippen molar-refractivity contribution in [1.29, 1.82) is 0 Å². The Bertz CT molecular complexity index is 487. The minimum atomic E-state index is -0.847. The molecule has 116 valence electrons. The fraction of sp³-hybridized carbons (Fsp3) is 0.625. The van der Waals surface area contributed by atoms with Gasteiger partial charge in [0, 0.05) is 28.5 Å². The molecule has 1 aromatic rings. The zero-order valence-corrected chi connectivity index (χ0v) is 13.5. The molecule has 1 aliphatic carbocycles. The third kappa shape index (κ3) is 3.89. The molecule has 5 heteroatoms. The van der Waals surface area contributed by atoms with Crippen LogP contribution in [0.25, 0.3) is 0 Å². The molecule has 0 amide bonds. The van der Waals surface area contributed by atoms with Gasteiger partial charge in [0.25, 0.3) is 0 Å². The van der Waals surface area contributed by atoms with Crippen LogP contribution in [0.15, 0.2) is 18.2 Å². The summed E-state index contributed by atoms with van der Waals surface area (Å²) in [5, 5.41) is 4.59. The first-order chi connectivity index (χ1) is 10.1. The van der Waals surface area contributed by atoms with Crippen LogP contribution in [0.2, 0.25) is 10.0 Å². The van der Waals surface area contributed by atoms with E-state index >= 15 is 0 Å². The normalized spacial score (nSPS) is 21.7. The minimum Gasteiger partial charge on any atom is -0.317 e. The van der Waals surface area contributed by atoms with Crippen molar-refractivity contribution in [3.8, 4) is 0 Å². The van der Waals surface area contributed by atoms with E-state index in [1.165, 1.54) is 0 Å². The van der Waals surface area contributed by atoms with Crippen LogP contribution in [0, 0.1) is 5.92 Å². The number of hydrogen-bond donors (Lipinski definition) is 1. The number of nitrogens with one attached hydrogen (secondary N) is 1. The molecule has 21 heavy (non-hydrogen) atoms. The topological polar surface area (TPSA) is 15.3 Å². The van der Waals surface area contributed by atoms with E-state index in [0.717, 1.165) is 44.3 Å². The summed E-state index contributed by atoms with van der Waals surface area (Å²) in [7, 11) is 0. The Balaban J connectivity index is 1.77. The highest BCUT2D eigenvalue weighted by Crippen LogP contribution is 2.38. The van der Waals surface area contributed by atoms with Crippen LogP contribution in [0.1, 0.15) is 31.2 Å². The molecule has 1 saturated heterocycles. The van der Waals surface area contributed by atoms with Crippen molar-refractivity contribution < 1.29 is 4.39 Å². The highest BCUT2D eigenvalue weighted by atomic mass is 35.5. The van der Waals surface area contributed by atoms with E-state index in [4.69, 9.17) is 23.2 Å². The third-order valence-electron chi connectivity index (χ3n) is 4.47. The second kappa shape index (κ2) is 6.82. The molecule has 1 unspecified atom stereocenters. The lowest BCUT2D eigenvalue weighted by molar-refractivity contribution is 0.00680. The molecule has 2 fully saturated rings. The Hall–Kier alpha value is -0.350. The highest BCUT2D eigenvalue weighted by Gasteiger charge is 2.38. The van der Waals surface area contributed by atoms with Gasteiger partial charge < -0.3 is 5.32 Å². The molecular weight excluding hydrogens is 310 g/mol. The summed E-state index contributed by atoms with van der Waals surface area (Å²) in [5.74, 6) is 0.214. The van der Waals surface area contributed by atoms with Gasteiger partial charge in [-0.05, 0) is 56.5 Å². The largest absolute Gasteiger partial charge is 0.317 e. The van der Waals surface area contributed by atoms with Crippen molar-refractivity contribution in [2.45, 2.75) is 44.6 Å². The number of piperidine rings is 1. The molecule has 3 rings (SSSR count). The van der Waals surface area contributed by atoms with Crippen LogP contribution >= 0.6 is 23.2 Å². The maximum absolute atomic E-state index is 14.8. The summed E-state index contributed by atoms with van der Waals surface area (Å²) in [5.41, 5.74) is 0.961. The van der Waals surface area contributed by atoms with Crippen molar-refractivity contribution in [2.24, 2.45) is 5.92 Å². The van der Waals surface area contributed by atoms with Gasteiger partial charge in [-0.25, -0.2) is 4.39 Å². The van der Waals surface area contributed by atoms with Gasteiger partial charge in [-0.2, -0.15) is 0 Å². The molecular formula is C16H21Cl2FN2. The molecule has 1 atom stereocenters. The summed E-state index contributed by atoms with van der Waals surface area (Å²) >= 11 is 12.2. The highest BCUT2D eigenvalue weighted by molar-refractivity contribution is 6.35. The summed E-state index contributed by atoms with van der Waals surface area (Å²) in [6.07, 6.45) is 3.17. The van der Waals surface area contributed by atoms with E-state index in [-0.39, 0.29) is 5.92 Å². The summed E-state index contributed by atoms with van der Waals surface area (Å²) < 4.78 is 14.8. The monoisotopic (exact) mass is 330 g/mol. The SMILES string of the molecule is FC(C1CC1)N(Cc1ccc(Cl)cc1Cl)C1CCNCC1. The number of halogens is 3. The average molecular weight is 331 g/mol. The van der Waals surface area contributed by atoms with Gasteiger partial charge in [0.15, 0.2) is 6.30 Å². The number of benzene rings is 1. The third-order valence-corrected chi connectivity index (χ3v) is 5.06. The number of nitrogens with zero attached hydrogens (tertiary/aromatic N) is 1. The van der Waals surface area contributed by atoms with Gasteiger partial charge in [-0.1, -0.05) is 29.3 Å². The van der Waals surface area contributed by atoms with Gasteiger partial charge >= 0.3 is 0 Å².